The summed E-state index contributed by atoms with van der Waals surface area (Å²) in [5.41, 5.74) is 0. The van der Waals surface area contributed by atoms with E-state index >= 15 is 0 Å². The molecule has 1 N–H and O–H groups in total. The fraction of sp³-hybridized carbons (Fsp3) is 0.778. The Balaban J connectivity index is -0.000000218. The zero-order valence-electron chi connectivity index (χ0n) is 9.43. The van der Waals surface area contributed by atoms with Crippen molar-refractivity contribution in [2.24, 2.45) is 0 Å². The quantitative estimate of drug-likeness (QED) is 0.726. The molecule has 0 spiro atoms. The number of ketones is 1. The highest BCUT2D eigenvalue weighted by atomic mass is 16.5. The van der Waals surface area contributed by atoms with Crippen molar-refractivity contribution in [2.45, 2.75) is 34.6 Å². The third kappa shape index (κ3) is 24.8. The van der Waals surface area contributed by atoms with Crippen LogP contribution in [0.2, 0.25) is 0 Å². The van der Waals surface area contributed by atoms with E-state index in [1.54, 1.807) is 0 Å². The molecule has 0 saturated heterocycles. The molecule has 1 amide bonds. The van der Waals surface area contributed by atoms with E-state index in [1.165, 1.54) is 14.0 Å². The fourth-order valence-electron chi connectivity index (χ4n) is 0.269. The van der Waals surface area contributed by atoms with Gasteiger partial charge >= 0.3 is 6.09 Å². The second-order valence-corrected chi connectivity index (χ2v) is 1.55. The summed E-state index contributed by atoms with van der Waals surface area (Å²) in [6, 6.07) is 0. The minimum Gasteiger partial charge on any atom is -0.453 e. The van der Waals surface area contributed by atoms with Crippen LogP contribution in [0.3, 0.4) is 0 Å². The molecule has 4 nitrogen and oxygen atoms in total. The third-order valence-corrected chi connectivity index (χ3v) is 0.667. The van der Waals surface area contributed by atoms with E-state index < -0.39 is 6.09 Å². The van der Waals surface area contributed by atoms with Crippen molar-refractivity contribution in [2.75, 3.05) is 13.7 Å². The van der Waals surface area contributed by atoms with Crippen molar-refractivity contribution in [3.05, 3.63) is 0 Å². The average molecular weight is 191 g/mol. The summed E-state index contributed by atoms with van der Waals surface area (Å²) in [7, 11) is 1.25. The van der Waals surface area contributed by atoms with Crippen molar-refractivity contribution in [3.63, 3.8) is 0 Å². The molecular formula is C9H21NO3. The molecule has 0 atom stereocenters. The standard InChI is InChI=1S/C5H9NO3.2C2H6/c1-4(7)3-6-5(8)9-2;2*1-2/h3H2,1-2H3,(H,6,8);2*1-2H3. The van der Waals surface area contributed by atoms with Gasteiger partial charge in [0.15, 0.2) is 0 Å². The molecule has 0 aromatic carbocycles. The first-order valence-corrected chi connectivity index (χ1v) is 4.48. The SMILES string of the molecule is CC.CC.COC(=O)NCC(C)=O. The molecule has 0 aliphatic carbocycles. The summed E-state index contributed by atoms with van der Waals surface area (Å²) < 4.78 is 4.20. The first-order chi connectivity index (χ1) is 6.16. The monoisotopic (exact) mass is 191 g/mol. The van der Waals surface area contributed by atoms with Crippen LogP contribution in [0.4, 0.5) is 4.79 Å². The van der Waals surface area contributed by atoms with Gasteiger partial charge in [-0.15, -0.1) is 0 Å². The van der Waals surface area contributed by atoms with Gasteiger partial charge in [-0.3, -0.25) is 4.79 Å². The Morgan fingerprint density at radius 2 is 1.54 bits per heavy atom. The van der Waals surface area contributed by atoms with Crippen molar-refractivity contribution in [3.8, 4) is 0 Å². The smallest absolute Gasteiger partial charge is 0.407 e. The molecule has 13 heavy (non-hydrogen) atoms. The number of carbonyl (C=O) groups excluding carboxylic acids is 2. The van der Waals surface area contributed by atoms with Crippen LogP contribution in [0.25, 0.3) is 0 Å². The van der Waals surface area contributed by atoms with Crippen LogP contribution in [0.15, 0.2) is 0 Å². The van der Waals surface area contributed by atoms with Gasteiger partial charge in [-0.05, 0) is 6.92 Å². The van der Waals surface area contributed by atoms with Crippen LogP contribution in [0.1, 0.15) is 34.6 Å². The van der Waals surface area contributed by atoms with Gasteiger partial charge < -0.3 is 10.1 Å². The zero-order chi connectivity index (χ0) is 11.3. The first-order valence-electron chi connectivity index (χ1n) is 4.48. The summed E-state index contributed by atoms with van der Waals surface area (Å²) in [4.78, 5) is 20.4. The molecule has 0 aliphatic rings. The number of rotatable bonds is 2. The molecule has 80 valence electrons. The van der Waals surface area contributed by atoms with Crippen molar-refractivity contribution in [1.29, 1.82) is 0 Å². The Labute approximate surface area is 80.7 Å². The predicted molar refractivity (Wildman–Crippen MR) is 53.8 cm³/mol. The molecule has 0 radical (unpaired) electrons. The zero-order valence-corrected chi connectivity index (χ0v) is 9.43. The summed E-state index contributed by atoms with van der Waals surface area (Å²) in [5.74, 6) is -0.0969. The second kappa shape index (κ2) is 17.1. The normalized spacial score (nSPS) is 6.62. The second-order valence-electron chi connectivity index (χ2n) is 1.55. The highest BCUT2D eigenvalue weighted by Crippen LogP contribution is 1.70. The molecule has 0 heterocycles. The lowest BCUT2D eigenvalue weighted by Crippen LogP contribution is -2.27. The molecular weight excluding hydrogens is 170 g/mol. The van der Waals surface area contributed by atoms with Gasteiger partial charge in [0.05, 0.1) is 13.7 Å². The molecule has 4 heteroatoms. The number of amides is 1. The van der Waals surface area contributed by atoms with E-state index in [1.807, 2.05) is 27.7 Å². The number of hydrogen-bond acceptors (Lipinski definition) is 3. The number of ether oxygens (including phenoxy) is 1. The Morgan fingerprint density at radius 1 is 1.15 bits per heavy atom. The summed E-state index contributed by atoms with van der Waals surface area (Å²) in [5, 5.41) is 2.22. The summed E-state index contributed by atoms with van der Waals surface area (Å²) in [6.45, 7) is 9.42. The Kier molecular flexibility index (Phi) is 23.6. The third-order valence-electron chi connectivity index (χ3n) is 0.667. The lowest BCUT2D eigenvalue weighted by Gasteiger charge is -1.97. The molecule has 0 unspecified atom stereocenters. The van der Waals surface area contributed by atoms with E-state index in [2.05, 4.69) is 10.1 Å². The highest BCUT2D eigenvalue weighted by molar-refractivity contribution is 5.81. The van der Waals surface area contributed by atoms with Gasteiger partial charge in [-0.25, -0.2) is 4.79 Å². The van der Waals surface area contributed by atoms with Crippen LogP contribution in [-0.4, -0.2) is 25.5 Å². The van der Waals surface area contributed by atoms with Crippen LogP contribution in [0, 0.1) is 0 Å². The number of Topliss-reactive ketones (excluding diaryl/α,β-unsaturated/α-hetero) is 1. The highest BCUT2D eigenvalue weighted by Gasteiger charge is 1.97. The maximum atomic E-state index is 10.2. The molecule has 0 fully saturated rings. The summed E-state index contributed by atoms with van der Waals surface area (Å²) in [6.07, 6.45) is -0.579. The minimum atomic E-state index is -0.579. The molecule has 0 saturated carbocycles. The van der Waals surface area contributed by atoms with Crippen LogP contribution < -0.4 is 5.32 Å². The van der Waals surface area contributed by atoms with Gasteiger partial charge in [0.25, 0.3) is 0 Å². The van der Waals surface area contributed by atoms with E-state index in [-0.39, 0.29) is 12.3 Å². The Morgan fingerprint density at radius 3 is 1.77 bits per heavy atom. The predicted octanol–water partition coefficient (Wildman–Crippen LogP) is 1.98. The number of methoxy groups -OCH3 is 1. The fourth-order valence-corrected chi connectivity index (χ4v) is 0.269. The van der Waals surface area contributed by atoms with Crippen LogP contribution >= 0.6 is 0 Å². The van der Waals surface area contributed by atoms with E-state index in [0.717, 1.165) is 0 Å². The van der Waals surface area contributed by atoms with Crippen molar-refractivity contribution >= 4 is 11.9 Å². The van der Waals surface area contributed by atoms with Gasteiger partial charge in [0.1, 0.15) is 5.78 Å². The largest absolute Gasteiger partial charge is 0.453 e. The van der Waals surface area contributed by atoms with Crippen molar-refractivity contribution < 1.29 is 14.3 Å². The van der Waals surface area contributed by atoms with E-state index in [9.17, 15) is 9.59 Å². The Hall–Kier alpha value is -1.06. The first kappa shape index (κ1) is 17.9. The Bertz CT molecular complexity index is 124. The van der Waals surface area contributed by atoms with Crippen LogP contribution in [0.5, 0.6) is 0 Å². The number of carbonyl (C=O) groups is 2. The average Bonchev–Trinajstić information content (AvgIpc) is 2.20. The van der Waals surface area contributed by atoms with Gasteiger partial charge in [-0.1, -0.05) is 27.7 Å². The number of alkyl carbamates (subject to hydrolysis) is 1. The molecule has 0 aromatic heterocycles. The molecule has 0 aromatic rings. The summed E-state index contributed by atoms with van der Waals surface area (Å²) >= 11 is 0. The lowest BCUT2D eigenvalue weighted by atomic mass is 10.4. The lowest BCUT2D eigenvalue weighted by molar-refractivity contribution is -0.116. The van der Waals surface area contributed by atoms with Crippen LogP contribution in [-0.2, 0) is 9.53 Å². The minimum absolute atomic E-state index is 0.0344. The maximum Gasteiger partial charge on any atom is 0.407 e. The number of nitrogens with one attached hydrogen (secondary N) is 1. The van der Waals surface area contributed by atoms with Gasteiger partial charge in [0, 0.05) is 0 Å². The number of hydrogen-bond donors (Lipinski definition) is 1. The maximum absolute atomic E-state index is 10.2. The van der Waals surface area contributed by atoms with Crippen molar-refractivity contribution in [1.82, 2.24) is 5.32 Å². The molecule has 0 aliphatic heterocycles. The molecule has 0 bridgehead atoms. The van der Waals surface area contributed by atoms with E-state index in [0.29, 0.717) is 0 Å². The van der Waals surface area contributed by atoms with Gasteiger partial charge in [0.2, 0.25) is 0 Å². The van der Waals surface area contributed by atoms with Gasteiger partial charge in [-0.2, -0.15) is 0 Å². The van der Waals surface area contributed by atoms with E-state index in [4.69, 9.17) is 0 Å². The topological polar surface area (TPSA) is 55.4 Å². The molecule has 0 rings (SSSR count).